The first-order chi connectivity index (χ1) is 5.38. The molecule has 0 N–H and O–H groups in total. The molecule has 1 heterocycles. The quantitative estimate of drug-likeness (QED) is 0.556. The van der Waals surface area contributed by atoms with E-state index in [9.17, 15) is 0 Å². The van der Waals surface area contributed by atoms with Crippen molar-refractivity contribution in [1.29, 1.82) is 0 Å². The minimum atomic E-state index is 0.529. The summed E-state index contributed by atoms with van der Waals surface area (Å²) in [5.74, 6) is 0.529. The Bertz CT molecular complexity index is 187. The van der Waals surface area contributed by atoms with Crippen LogP contribution in [-0.2, 0) is 9.57 Å². The lowest BCUT2D eigenvalue weighted by Gasteiger charge is -2.13. The van der Waals surface area contributed by atoms with Gasteiger partial charge in [-0.2, -0.15) is 0 Å². The molecule has 0 bridgehead atoms. The molecule has 1 aliphatic heterocycles. The maximum absolute atomic E-state index is 5.22. The Kier molecular flexibility index (Phi) is 2.89. The molecule has 1 aliphatic rings. The maximum atomic E-state index is 5.22. The molecule has 0 saturated heterocycles. The number of rotatable bonds is 2. The van der Waals surface area contributed by atoms with E-state index in [2.05, 4.69) is 10.1 Å². The van der Waals surface area contributed by atoms with Crippen LogP contribution in [0, 0.1) is 0 Å². The summed E-state index contributed by atoms with van der Waals surface area (Å²) in [5.41, 5.74) is 0.852. The van der Waals surface area contributed by atoms with Crippen LogP contribution in [0.3, 0.4) is 0 Å². The van der Waals surface area contributed by atoms with Gasteiger partial charge in [-0.15, -0.1) is 0 Å². The predicted molar refractivity (Wildman–Crippen MR) is 43.0 cm³/mol. The normalized spacial score (nSPS) is 18.4. The fourth-order valence-electron chi connectivity index (χ4n) is 0.847. The predicted octanol–water partition coefficient (Wildman–Crippen LogP) is 0.828. The van der Waals surface area contributed by atoms with Gasteiger partial charge in [-0.05, 0) is 11.6 Å². The summed E-state index contributed by atoms with van der Waals surface area (Å²) in [7, 11) is 1.72. The molecule has 0 unspecified atom stereocenters. The van der Waals surface area contributed by atoms with Gasteiger partial charge in [0.25, 0.3) is 5.90 Å². The first kappa shape index (κ1) is 8.04. The summed E-state index contributed by atoms with van der Waals surface area (Å²) in [4.78, 5) is 8.86. The van der Waals surface area contributed by atoms with Crippen molar-refractivity contribution in [2.24, 2.45) is 10.1 Å². The minimum absolute atomic E-state index is 0.529. The van der Waals surface area contributed by atoms with Crippen molar-refractivity contribution in [3.8, 4) is 0 Å². The van der Waals surface area contributed by atoms with Crippen LogP contribution >= 0.6 is 0 Å². The van der Waals surface area contributed by atoms with Crippen molar-refractivity contribution in [2.75, 3.05) is 20.3 Å². The van der Waals surface area contributed by atoms with Gasteiger partial charge in [0.15, 0.2) is 6.61 Å². The molecular weight excluding hydrogens is 144 g/mol. The lowest BCUT2D eigenvalue weighted by molar-refractivity contribution is 0.0674. The first-order valence-corrected chi connectivity index (χ1v) is 3.67. The number of hydrogen-bond donors (Lipinski definition) is 0. The van der Waals surface area contributed by atoms with E-state index in [1.54, 1.807) is 7.05 Å². The van der Waals surface area contributed by atoms with Crippen LogP contribution in [0.5, 0.6) is 0 Å². The Morgan fingerprint density at radius 1 is 1.64 bits per heavy atom. The summed E-state index contributed by atoms with van der Waals surface area (Å²) in [6.07, 6.45) is 0.818. The average molecular weight is 156 g/mol. The molecule has 0 atom stereocenters. The zero-order chi connectivity index (χ0) is 8.10. The summed E-state index contributed by atoms with van der Waals surface area (Å²) < 4.78 is 5.22. The Morgan fingerprint density at radius 3 is 2.91 bits per heavy atom. The van der Waals surface area contributed by atoms with Crippen LogP contribution in [0.4, 0.5) is 0 Å². The van der Waals surface area contributed by atoms with Crippen LogP contribution in [0.15, 0.2) is 10.1 Å². The number of hydrogen-bond acceptors (Lipinski definition) is 4. The molecular formula is C7H12N2O2. The summed E-state index contributed by atoms with van der Waals surface area (Å²) in [5, 5.41) is 3.74. The van der Waals surface area contributed by atoms with Crippen LogP contribution in [0.25, 0.3) is 0 Å². The van der Waals surface area contributed by atoms with E-state index in [0.29, 0.717) is 19.1 Å². The third kappa shape index (κ3) is 1.93. The summed E-state index contributed by atoms with van der Waals surface area (Å²) in [6.45, 7) is 3.10. The summed E-state index contributed by atoms with van der Waals surface area (Å²) in [6, 6.07) is 0. The lowest BCUT2D eigenvalue weighted by atomic mass is 10.3. The van der Waals surface area contributed by atoms with Crippen molar-refractivity contribution < 1.29 is 9.57 Å². The molecule has 4 nitrogen and oxygen atoms in total. The monoisotopic (exact) mass is 156 g/mol. The Labute approximate surface area is 65.9 Å². The van der Waals surface area contributed by atoms with Gasteiger partial charge in [-0.1, -0.05) is 6.92 Å². The standard InChI is InChI=1S/C7H12N2O2/c1-3-6(8-2)7-9-11-5-4-10-7/h3-5H2,1-2H3. The van der Waals surface area contributed by atoms with Gasteiger partial charge in [0, 0.05) is 7.05 Å². The Balaban J connectivity index is 2.63. The lowest BCUT2D eigenvalue weighted by Crippen LogP contribution is -2.23. The van der Waals surface area contributed by atoms with Crippen molar-refractivity contribution in [2.45, 2.75) is 13.3 Å². The zero-order valence-electron chi connectivity index (χ0n) is 6.83. The molecule has 11 heavy (non-hydrogen) atoms. The molecule has 0 aromatic rings. The van der Waals surface area contributed by atoms with Crippen LogP contribution in [-0.4, -0.2) is 31.9 Å². The number of oxime groups is 1. The average Bonchev–Trinajstić information content (AvgIpc) is 2.09. The van der Waals surface area contributed by atoms with Crippen molar-refractivity contribution in [3.05, 3.63) is 0 Å². The van der Waals surface area contributed by atoms with Gasteiger partial charge in [-0.25, -0.2) is 0 Å². The van der Waals surface area contributed by atoms with E-state index in [1.165, 1.54) is 0 Å². The summed E-state index contributed by atoms with van der Waals surface area (Å²) >= 11 is 0. The van der Waals surface area contributed by atoms with E-state index >= 15 is 0 Å². The highest BCUT2D eigenvalue weighted by atomic mass is 16.7. The van der Waals surface area contributed by atoms with Crippen LogP contribution in [0.2, 0.25) is 0 Å². The third-order valence-corrected chi connectivity index (χ3v) is 1.41. The molecule has 1 rings (SSSR count). The molecule has 0 spiro atoms. The first-order valence-electron chi connectivity index (χ1n) is 3.67. The highest BCUT2D eigenvalue weighted by Crippen LogP contribution is 1.98. The van der Waals surface area contributed by atoms with Gasteiger partial charge in [0.1, 0.15) is 6.61 Å². The van der Waals surface area contributed by atoms with E-state index in [1.807, 2.05) is 6.92 Å². The number of ether oxygens (including phenoxy) is 1. The van der Waals surface area contributed by atoms with Gasteiger partial charge < -0.3 is 9.57 Å². The largest absolute Gasteiger partial charge is 0.471 e. The topological polar surface area (TPSA) is 43.2 Å². The minimum Gasteiger partial charge on any atom is -0.471 e. The molecule has 0 aliphatic carbocycles. The Morgan fingerprint density at radius 2 is 2.45 bits per heavy atom. The fourth-order valence-corrected chi connectivity index (χ4v) is 0.847. The Hall–Kier alpha value is -1.06. The second-order valence-electron chi connectivity index (χ2n) is 2.10. The number of aliphatic imine (C=N–C) groups is 1. The molecule has 0 aromatic heterocycles. The van der Waals surface area contributed by atoms with Gasteiger partial charge in [-0.3, -0.25) is 4.99 Å². The molecule has 0 fully saturated rings. The molecule has 0 aromatic carbocycles. The third-order valence-electron chi connectivity index (χ3n) is 1.41. The fraction of sp³-hybridized carbons (Fsp3) is 0.714. The molecule has 0 saturated carbocycles. The highest BCUT2D eigenvalue weighted by molar-refractivity contribution is 6.38. The van der Waals surface area contributed by atoms with Crippen LogP contribution < -0.4 is 0 Å². The zero-order valence-corrected chi connectivity index (χ0v) is 6.83. The van der Waals surface area contributed by atoms with E-state index in [4.69, 9.17) is 9.57 Å². The maximum Gasteiger partial charge on any atom is 0.271 e. The molecule has 0 radical (unpaired) electrons. The van der Waals surface area contributed by atoms with E-state index < -0.39 is 0 Å². The van der Waals surface area contributed by atoms with Crippen molar-refractivity contribution in [3.63, 3.8) is 0 Å². The molecule has 62 valence electrons. The SMILES string of the molecule is CCC(=NC)C1=NOCCO1. The van der Waals surface area contributed by atoms with Gasteiger partial charge in [0.2, 0.25) is 0 Å². The van der Waals surface area contributed by atoms with E-state index in [-0.39, 0.29) is 0 Å². The second-order valence-corrected chi connectivity index (χ2v) is 2.10. The van der Waals surface area contributed by atoms with Gasteiger partial charge >= 0.3 is 0 Å². The number of nitrogens with zero attached hydrogens (tertiary/aromatic N) is 2. The molecule has 4 heteroatoms. The van der Waals surface area contributed by atoms with Crippen molar-refractivity contribution >= 4 is 11.6 Å². The highest BCUT2D eigenvalue weighted by Gasteiger charge is 2.11. The van der Waals surface area contributed by atoms with E-state index in [0.717, 1.165) is 12.1 Å². The van der Waals surface area contributed by atoms with Gasteiger partial charge in [0.05, 0.1) is 5.71 Å². The second kappa shape index (κ2) is 3.95. The molecule has 0 amide bonds. The van der Waals surface area contributed by atoms with Crippen LogP contribution in [0.1, 0.15) is 13.3 Å². The van der Waals surface area contributed by atoms with Crippen molar-refractivity contribution in [1.82, 2.24) is 0 Å². The smallest absolute Gasteiger partial charge is 0.271 e.